The van der Waals surface area contributed by atoms with E-state index in [9.17, 15) is 0 Å². The van der Waals surface area contributed by atoms with Gasteiger partial charge in [0.15, 0.2) is 0 Å². The molecule has 0 amide bonds. The number of hydrogen-bond donors (Lipinski definition) is 0. The quantitative estimate of drug-likeness (QED) is 0.550. The van der Waals surface area contributed by atoms with Gasteiger partial charge in [0.1, 0.15) is 0 Å². The second kappa shape index (κ2) is 9.60. The minimum absolute atomic E-state index is 0. The summed E-state index contributed by atoms with van der Waals surface area (Å²) in [5, 5.41) is 0. The first-order valence-electron chi connectivity index (χ1n) is 9.92. The summed E-state index contributed by atoms with van der Waals surface area (Å²) in [5.74, 6) is 3.21. The van der Waals surface area contributed by atoms with Crippen LogP contribution in [-0.2, 0) is 23.2 Å². The van der Waals surface area contributed by atoms with Crippen molar-refractivity contribution in [3.05, 3.63) is 70.9 Å². The van der Waals surface area contributed by atoms with Crippen LogP contribution in [0.3, 0.4) is 0 Å². The van der Waals surface area contributed by atoms with Gasteiger partial charge in [0.2, 0.25) is 0 Å². The molecule has 0 heterocycles. The van der Waals surface area contributed by atoms with E-state index in [-0.39, 0.29) is 24.8 Å². The van der Waals surface area contributed by atoms with Gasteiger partial charge in [-0.15, -0.1) is 0 Å². The number of allylic oxidation sites excluding steroid dienone is 12. The molecule has 0 aromatic carbocycles. The summed E-state index contributed by atoms with van der Waals surface area (Å²) >= 11 is -0.542. The number of hydrogen-bond acceptors (Lipinski definition) is 0. The Morgan fingerprint density at radius 1 is 0.667 bits per heavy atom. The summed E-state index contributed by atoms with van der Waals surface area (Å²) in [6.45, 7) is 9.74. The second-order valence-corrected chi connectivity index (χ2v) is 12.5. The van der Waals surface area contributed by atoms with Crippen molar-refractivity contribution in [1.82, 2.24) is 0 Å². The third-order valence-corrected chi connectivity index (χ3v) is 13.1. The SMILES string of the molecule is CC1=CC=CC=C2C1CC(C)[CH]2[Zr+2][CH]1C2=CC=CC=C(C)C2CC1C.[Cl-].[Cl-]. The van der Waals surface area contributed by atoms with Crippen molar-refractivity contribution in [2.24, 2.45) is 23.7 Å². The number of fused-ring (bicyclic) bond motifs is 2. The van der Waals surface area contributed by atoms with Crippen LogP contribution in [-0.4, -0.2) is 0 Å². The molecule has 3 heteroatoms. The fraction of sp³-hybridized carbons (Fsp3) is 0.500. The Morgan fingerprint density at radius 3 is 1.44 bits per heavy atom. The molecule has 4 aliphatic carbocycles. The smallest absolute Gasteiger partial charge is 1.00 e. The Balaban J connectivity index is 0.00000131. The monoisotopic (exact) mass is 478 g/mol. The minimum Gasteiger partial charge on any atom is -1.00 e. The summed E-state index contributed by atoms with van der Waals surface area (Å²) in [6.07, 6.45) is 21.5. The Morgan fingerprint density at radius 2 is 1.04 bits per heavy atom. The van der Waals surface area contributed by atoms with Crippen LogP contribution in [0.1, 0.15) is 40.5 Å². The van der Waals surface area contributed by atoms with Crippen LogP contribution in [0.2, 0.25) is 7.25 Å². The van der Waals surface area contributed by atoms with E-state index in [2.05, 4.69) is 76.3 Å². The van der Waals surface area contributed by atoms with E-state index in [1.165, 1.54) is 12.8 Å². The fourth-order valence-corrected chi connectivity index (χ4v) is 11.1. The van der Waals surface area contributed by atoms with Gasteiger partial charge in [0.25, 0.3) is 0 Å². The minimum atomic E-state index is -0.542. The molecule has 27 heavy (non-hydrogen) atoms. The molecule has 0 nitrogen and oxygen atoms in total. The van der Waals surface area contributed by atoms with Gasteiger partial charge in [0.05, 0.1) is 0 Å². The molecular weight excluding hydrogens is 450 g/mol. The predicted octanol–water partition coefficient (Wildman–Crippen LogP) is 0.851. The average Bonchev–Trinajstić information content (AvgIpc) is 2.91. The normalized spacial score (nSPS) is 36.4. The zero-order valence-corrected chi connectivity index (χ0v) is 20.7. The van der Waals surface area contributed by atoms with Crippen LogP contribution in [0.25, 0.3) is 0 Å². The van der Waals surface area contributed by atoms with Crippen LogP contribution in [0, 0.1) is 23.7 Å². The third-order valence-electron chi connectivity index (χ3n) is 6.85. The van der Waals surface area contributed by atoms with E-state index in [1.807, 2.05) is 0 Å². The molecule has 0 radical (unpaired) electrons. The van der Waals surface area contributed by atoms with Gasteiger partial charge in [-0.2, -0.15) is 0 Å². The van der Waals surface area contributed by atoms with Gasteiger partial charge < -0.3 is 24.8 Å². The topological polar surface area (TPSA) is 0 Å². The van der Waals surface area contributed by atoms with Crippen molar-refractivity contribution >= 4 is 0 Å². The average molecular weight is 481 g/mol. The molecule has 0 bridgehead atoms. The van der Waals surface area contributed by atoms with Crippen LogP contribution in [0.4, 0.5) is 0 Å². The standard InChI is InChI=1S/2C12H15.2ClH.Zr/c2*1-9-7-11-6-4-3-5-10(2)12(11)8-9;;;/h2*3-7,9,12H,8H2,1-2H3;2*1H;/q;;;;+2/p-2. The first-order valence-corrected chi connectivity index (χ1v) is 12.8. The molecule has 144 valence electrons. The van der Waals surface area contributed by atoms with Crippen molar-refractivity contribution in [2.75, 3.05) is 0 Å². The maximum atomic E-state index is 2.53. The van der Waals surface area contributed by atoms with E-state index in [4.69, 9.17) is 0 Å². The van der Waals surface area contributed by atoms with Crippen molar-refractivity contribution in [3.8, 4) is 0 Å². The molecule has 0 aliphatic heterocycles. The summed E-state index contributed by atoms with van der Waals surface area (Å²) in [5.41, 5.74) is 6.74. The first-order chi connectivity index (χ1) is 12.1. The largest absolute Gasteiger partial charge is 1.00 e. The van der Waals surface area contributed by atoms with Crippen molar-refractivity contribution in [2.45, 2.75) is 47.8 Å². The van der Waals surface area contributed by atoms with E-state index in [0.717, 1.165) is 30.9 Å². The Kier molecular flexibility index (Phi) is 8.24. The maximum Gasteiger partial charge on any atom is -1.00 e. The number of halogens is 2. The van der Waals surface area contributed by atoms with Crippen LogP contribution in [0.5, 0.6) is 0 Å². The predicted molar refractivity (Wildman–Crippen MR) is 104 cm³/mol. The molecule has 6 unspecified atom stereocenters. The third kappa shape index (κ3) is 4.41. The summed E-state index contributed by atoms with van der Waals surface area (Å²) in [7, 11) is 0. The second-order valence-electron chi connectivity index (χ2n) is 8.58. The molecular formula is C24H30Cl2Zr. The van der Waals surface area contributed by atoms with Gasteiger partial charge in [-0.3, -0.25) is 0 Å². The zero-order chi connectivity index (χ0) is 17.6. The van der Waals surface area contributed by atoms with Gasteiger partial charge in [-0.1, -0.05) is 0 Å². The molecule has 0 aromatic rings. The fourth-order valence-electron chi connectivity index (χ4n) is 5.41. The first kappa shape index (κ1) is 23.2. The van der Waals surface area contributed by atoms with E-state index < -0.39 is 23.2 Å². The molecule has 4 rings (SSSR count). The zero-order valence-electron chi connectivity index (χ0n) is 16.8. The Labute approximate surface area is 189 Å². The van der Waals surface area contributed by atoms with Crippen LogP contribution < -0.4 is 24.8 Å². The molecule has 2 fully saturated rings. The molecule has 0 spiro atoms. The maximum absolute atomic E-state index is 2.53. The van der Waals surface area contributed by atoms with Gasteiger partial charge in [0, 0.05) is 0 Å². The van der Waals surface area contributed by atoms with E-state index in [1.54, 1.807) is 22.3 Å². The Hall–Kier alpha value is -0.0969. The van der Waals surface area contributed by atoms with Gasteiger partial charge in [-0.25, -0.2) is 0 Å². The summed E-state index contributed by atoms with van der Waals surface area (Å²) in [4.78, 5) is 0. The molecule has 0 saturated heterocycles. The molecule has 4 aliphatic rings. The van der Waals surface area contributed by atoms with Crippen molar-refractivity contribution in [1.29, 1.82) is 0 Å². The molecule has 0 N–H and O–H groups in total. The molecule has 0 aromatic heterocycles. The van der Waals surface area contributed by atoms with Crippen LogP contribution >= 0.6 is 0 Å². The summed E-state index contributed by atoms with van der Waals surface area (Å²) < 4.78 is 1.84. The van der Waals surface area contributed by atoms with E-state index in [0.29, 0.717) is 0 Å². The van der Waals surface area contributed by atoms with Gasteiger partial charge in [-0.05, 0) is 0 Å². The summed E-state index contributed by atoms with van der Waals surface area (Å²) in [6, 6.07) is 0. The van der Waals surface area contributed by atoms with Gasteiger partial charge >= 0.3 is 166 Å². The Bertz CT molecular complexity index is 675. The molecule has 2 saturated carbocycles. The van der Waals surface area contributed by atoms with Crippen molar-refractivity contribution < 1.29 is 48.0 Å². The van der Waals surface area contributed by atoms with Crippen molar-refractivity contribution in [3.63, 3.8) is 0 Å². The van der Waals surface area contributed by atoms with Crippen LogP contribution in [0.15, 0.2) is 70.9 Å². The number of rotatable bonds is 2. The van der Waals surface area contributed by atoms with E-state index >= 15 is 0 Å². The molecule has 6 atom stereocenters.